The predicted molar refractivity (Wildman–Crippen MR) is 67.2 cm³/mol. The molecule has 0 aliphatic carbocycles. The number of halogens is 3. The molecule has 0 unspecified atom stereocenters. The predicted octanol–water partition coefficient (Wildman–Crippen LogP) is 3.62. The monoisotopic (exact) mass is 273 g/mol. The molecule has 19 heavy (non-hydrogen) atoms. The smallest absolute Gasteiger partial charge is 0.419 e. The molecule has 1 heterocycles. The topological polar surface area (TPSA) is 12.5 Å². The van der Waals surface area contributed by atoms with Crippen LogP contribution in [-0.2, 0) is 12.7 Å². The minimum Gasteiger partial charge on any atom is -0.496 e. The highest BCUT2D eigenvalue weighted by Crippen LogP contribution is 2.39. The summed E-state index contributed by atoms with van der Waals surface area (Å²) in [5, 5.41) is 0. The highest BCUT2D eigenvalue weighted by Gasteiger charge is 2.35. The Labute approximate surface area is 111 Å². The third-order valence-corrected chi connectivity index (χ3v) is 3.41. The number of hydrogen-bond donors (Lipinski definition) is 0. The molecule has 0 radical (unpaired) electrons. The van der Waals surface area contributed by atoms with Gasteiger partial charge >= 0.3 is 6.18 Å². The summed E-state index contributed by atoms with van der Waals surface area (Å²) < 4.78 is 44.1. The van der Waals surface area contributed by atoms with E-state index in [0.717, 1.165) is 32.0 Å². The fraction of sp³-hybridized carbons (Fsp3) is 0.571. The van der Waals surface area contributed by atoms with Gasteiger partial charge in [0.05, 0.1) is 12.7 Å². The zero-order valence-electron chi connectivity index (χ0n) is 11.2. The van der Waals surface area contributed by atoms with E-state index in [-0.39, 0.29) is 5.75 Å². The van der Waals surface area contributed by atoms with E-state index in [1.165, 1.54) is 7.11 Å². The second-order valence-corrected chi connectivity index (χ2v) is 4.99. The lowest BCUT2D eigenvalue weighted by Gasteiger charge is -2.20. The number of likely N-dealkylation sites (tertiary alicyclic amines) is 1. The lowest BCUT2D eigenvalue weighted by atomic mass is 10.0. The maximum atomic E-state index is 13.0. The van der Waals surface area contributed by atoms with Gasteiger partial charge in [0, 0.05) is 12.1 Å². The highest BCUT2D eigenvalue weighted by molar-refractivity contribution is 5.46. The molecule has 2 nitrogen and oxygen atoms in total. The van der Waals surface area contributed by atoms with Crippen molar-refractivity contribution >= 4 is 0 Å². The van der Waals surface area contributed by atoms with E-state index in [0.29, 0.717) is 17.7 Å². The first kappa shape index (κ1) is 14.2. The van der Waals surface area contributed by atoms with Crippen molar-refractivity contribution in [3.8, 4) is 5.75 Å². The summed E-state index contributed by atoms with van der Waals surface area (Å²) in [6.45, 7) is 4.09. The molecule has 1 fully saturated rings. The van der Waals surface area contributed by atoms with Crippen LogP contribution < -0.4 is 4.74 Å². The van der Waals surface area contributed by atoms with Crippen molar-refractivity contribution < 1.29 is 17.9 Å². The van der Waals surface area contributed by atoms with E-state index in [4.69, 9.17) is 4.74 Å². The Balaban J connectivity index is 2.38. The van der Waals surface area contributed by atoms with E-state index < -0.39 is 11.7 Å². The Morgan fingerprint density at radius 2 is 1.84 bits per heavy atom. The van der Waals surface area contributed by atoms with Crippen LogP contribution in [0, 0.1) is 6.92 Å². The zero-order valence-corrected chi connectivity index (χ0v) is 11.2. The van der Waals surface area contributed by atoms with Gasteiger partial charge in [-0.05, 0) is 44.5 Å². The third-order valence-electron chi connectivity index (χ3n) is 3.41. The normalized spacial score (nSPS) is 16.9. The van der Waals surface area contributed by atoms with Crippen LogP contribution in [0.5, 0.6) is 5.75 Å². The van der Waals surface area contributed by atoms with Crippen molar-refractivity contribution in [3.63, 3.8) is 0 Å². The van der Waals surface area contributed by atoms with Gasteiger partial charge in [-0.1, -0.05) is 6.07 Å². The molecular weight excluding hydrogens is 255 g/mol. The van der Waals surface area contributed by atoms with Crippen LogP contribution in [0.25, 0.3) is 0 Å². The van der Waals surface area contributed by atoms with E-state index in [1.54, 1.807) is 13.0 Å². The summed E-state index contributed by atoms with van der Waals surface area (Å²) in [5.41, 5.74) is 0.559. The molecule has 5 heteroatoms. The van der Waals surface area contributed by atoms with Crippen LogP contribution in [0.2, 0.25) is 0 Å². The maximum absolute atomic E-state index is 13.0. The van der Waals surface area contributed by atoms with Crippen molar-refractivity contribution in [2.75, 3.05) is 20.2 Å². The van der Waals surface area contributed by atoms with Gasteiger partial charge in [-0.25, -0.2) is 0 Å². The first-order valence-corrected chi connectivity index (χ1v) is 6.39. The molecule has 0 atom stereocenters. The fourth-order valence-corrected chi connectivity index (χ4v) is 2.60. The van der Waals surface area contributed by atoms with Crippen LogP contribution in [0.15, 0.2) is 12.1 Å². The number of benzene rings is 1. The second kappa shape index (κ2) is 5.41. The molecule has 0 bridgehead atoms. The first-order chi connectivity index (χ1) is 8.91. The van der Waals surface area contributed by atoms with Crippen LogP contribution in [0.3, 0.4) is 0 Å². The zero-order chi connectivity index (χ0) is 14.0. The van der Waals surface area contributed by atoms with E-state index in [1.807, 2.05) is 0 Å². The van der Waals surface area contributed by atoms with Crippen LogP contribution in [0.4, 0.5) is 13.2 Å². The lowest BCUT2D eigenvalue weighted by Crippen LogP contribution is -2.20. The summed E-state index contributed by atoms with van der Waals surface area (Å²) in [6.07, 6.45) is -2.16. The Bertz CT molecular complexity index is 451. The molecule has 1 aliphatic heterocycles. The van der Waals surface area contributed by atoms with Gasteiger partial charge in [0.15, 0.2) is 0 Å². The number of ether oxygens (including phenoxy) is 1. The van der Waals surface area contributed by atoms with Gasteiger partial charge < -0.3 is 4.74 Å². The lowest BCUT2D eigenvalue weighted by molar-refractivity contribution is -0.138. The van der Waals surface area contributed by atoms with Gasteiger partial charge in [-0.3, -0.25) is 4.90 Å². The summed E-state index contributed by atoms with van der Waals surface area (Å²) in [5.74, 6) is -0.0370. The molecule has 0 saturated carbocycles. The van der Waals surface area contributed by atoms with E-state index >= 15 is 0 Å². The van der Waals surface area contributed by atoms with Crippen molar-refractivity contribution in [1.82, 2.24) is 4.90 Å². The quantitative estimate of drug-likeness (QED) is 0.834. The van der Waals surface area contributed by atoms with Crippen LogP contribution >= 0.6 is 0 Å². The second-order valence-electron chi connectivity index (χ2n) is 4.99. The number of nitrogens with zero attached hydrogens (tertiary/aromatic N) is 1. The molecule has 106 valence electrons. The molecule has 0 N–H and O–H groups in total. The minimum atomic E-state index is -4.38. The molecule has 1 aromatic carbocycles. The van der Waals surface area contributed by atoms with Gasteiger partial charge in [-0.15, -0.1) is 0 Å². The molecule has 0 spiro atoms. The molecule has 1 aromatic rings. The summed E-state index contributed by atoms with van der Waals surface area (Å²) in [4.78, 5) is 2.16. The molecule has 1 aliphatic rings. The van der Waals surface area contributed by atoms with Gasteiger partial charge in [0.2, 0.25) is 0 Å². The largest absolute Gasteiger partial charge is 0.496 e. The van der Waals surface area contributed by atoms with Crippen LogP contribution in [0.1, 0.15) is 29.5 Å². The van der Waals surface area contributed by atoms with Crippen molar-refractivity contribution in [2.45, 2.75) is 32.5 Å². The Hall–Kier alpha value is -1.23. The standard InChI is InChI=1S/C14H18F3NO/c1-10-7-11(9-18-5-3-4-6-18)13(19-2)12(8-10)14(15,16)17/h7-8H,3-6,9H2,1-2H3. The first-order valence-electron chi connectivity index (χ1n) is 6.39. The van der Waals surface area contributed by atoms with Gasteiger partial charge in [0.1, 0.15) is 5.75 Å². The molecule has 1 saturated heterocycles. The summed E-state index contributed by atoms with van der Waals surface area (Å²) >= 11 is 0. The van der Waals surface area contributed by atoms with Crippen LogP contribution in [-0.4, -0.2) is 25.1 Å². The third kappa shape index (κ3) is 3.21. The summed E-state index contributed by atoms with van der Waals surface area (Å²) in [6, 6.07) is 2.93. The van der Waals surface area contributed by atoms with Crippen molar-refractivity contribution in [3.05, 3.63) is 28.8 Å². The van der Waals surface area contributed by atoms with Gasteiger partial charge in [0.25, 0.3) is 0 Å². The summed E-state index contributed by atoms with van der Waals surface area (Å²) in [7, 11) is 1.30. The highest BCUT2D eigenvalue weighted by atomic mass is 19.4. The van der Waals surface area contributed by atoms with Gasteiger partial charge in [-0.2, -0.15) is 13.2 Å². The van der Waals surface area contributed by atoms with Crippen molar-refractivity contribution in [2.24, 2.45) is 0 Å². The minimum absolute atomic E-state index is 0.0370. The van der Waals surface area contributed by atoms with E-state index in [2.05, 4.69) is 4.90 Å². The number of alkyl halides is 3. The SMILES string of the molecule is COc1c(CN2CCCC2)cc(C)cc1C(F)(F)F. The molecule has 2 rings (SSSR count). The van der Waals surface area contributed by atoms with E-state index in [9.17, 15) is 13.2 Å². The van der Waals surface area contributed by atoms with Crippen molar-refractivity contribution in [1.29, 1.82) is 0 Å². The average Bonchev–Trinajstić information content (AvgIpc) is 2.80. The Morgan fingerprint density at radius 1 is 1.21 bits per heavy atom. The Kier molecular flexibility index (Phi) is 4.04. The maximum Gasteiger partial charge on any atom is 0.419 e. The Morgan fingerprint density at radius 3 is 2.37 bits per heavy atom. The average molecular weight is 273 g/mol. The molecular formula is C14H18F3NO. The number of rotatable bonds is 3. The molecule has 0 aromatic heterocycles. The molecule has 0 amide bonds. The fourth-order valence-electron chi connectivity index (χ4n) is 2.60. The number of aryl methyl sites for hydroxylation is 1. The number of methoxy groups -OCH3 is 1. The number of hydrogen-bond acceptors (Lipinski definition) is 2.